The van der Waals surface area contributed by atoms with Crippen LogP contribution in [-0.4, -0.2) is 82.1 Å². The molecule has 4 unspecified atom stereocenters. The number of hydrogen-bond acceptors (Lipinski definition) is 8. The highest BCUT2D eigenvalue weighted by atomic mass is 79.9. The SMILES string of the molecule is COC(=O)n1c2c(c3cc(Br)ccc31)CC1C(=O)N(CCCN3C(=O)C4Cc5c(n(C(=O)OC)c6ccc(Br)cc56)CC4C3=O)C(=O)C1C2. The van der Waals surface area contributed by atoms with E-state index in [0.717, 1.165) is 30.8 Å². The number of amides is 4. The topological polar surface area (TPSA) is 137 Å². The van der Waals surface area contributed by atoms with Crippen molar-refractivity contribution in [3.8, 4) is 0 Å². The van der Waals surface area contributed by atoms with Crippen LogP contribution in [0.15, 0.2) is 45.3 Å². The normalized spacial score (nSPS) is 22.9. The van der Waals surface area contributed by atoms with Crippen molar-refractivity contribution in [3.05, 3.63) is 67.9 Å². The maximum atomic E-state index is 13.7. The number of likely N-dealkylation sites (tertiary alicyclic amines) is 2. The van der Waals surface area contributed by atoms with Crippen LogP contribution < -0.4 is 0 Å². The average molecular weight is 794 g/mol. The smallest absolute Gasteiger partial charge is 0.418 e. The number of ether oxygens (including phenoxy) is 2. The maximum absolute atomic E-state index is 13.7. The first-order chi connectivity index (χ1) is 23.5. The molecule has 0 radical (unpaired) electrons. The second-order valence-electron chi connectivity index (χ2n) is 13.0. The molecule has 2 aromatic heterocycles. The van der Waals surface area contributed by atoms with Crippen LogP contribution >= 0.6 is 31.9 Å². The van der Waals surface area contributed by atoms with Crippen LogP contribution in [0.25, 0.3) is 21.8 Å². The summed E-state index contributed by atoms with van der Waals surface area (Å²) in [4.78, 5) is 82.8. The fourth-order valence-electron chi connectivity index (χ4n) is 8.55. The number of fused-ring (bicyclic) bond motifs is 8. The lowest BCUT2D eigenvalue weighted by Crippen LogP contribution is -2.37. The molecule has 4 amide bonds. The highest BCUT2D eigenvalue weighted by Crippen LogP contribution is 2.44. The third-order valence-electron chi connectivity index (χ3n) is 10.7. The van der Waals surface area contributed by atoms with E-state index in [1.54, 1.807) is 0 Å². The molecule has 4 atom stereocenters. The average Bonchev–Trinajstić information content (AvgIpc) is 3.74. The van der Waals surface area contributed by atoms with Gasteiger partial charge in [0.1, 0.15) is 0 Å². The van der Waals surface area contributed by atoms with Gasteiger partial charge >= 0.3 is 12.2 Å². The van der Waals surface area contributed by atoms with Crippen LogP contribution in [0.3, 0.4) is 0 Å². The first-order valence-electron chi connectivity index (χ1n) is 16.0. The molecule has 12 nitrogen and oxygen atoms in total. The van der Waals surface area contributed by atoms with Crippen molar-refractivity contribution >= 4 is 89.5 Å². The van der Waals surface area contributed by atoms with Crippen LogP contribution in [-0.2, 0) is 54.3 Å². The fraction of sp³-hybridized carbons (Fsp3) is 0.371. The molecule has 4 aromatic rings. The van der Waals surface area contributed by atoms with Gasteiger partial charge < -0.3 is 9.47 Å². The van der Waals surface area contributed by atoms with E-state index >= 15 is 0 Å². The lowest BCUT2D eigenvalue weighted by molar-refractivity contribution is -0.140. The van der Waals surface area contributed by atoms with E-state index in [1.165, 1.54) is 33.2 Å². The van der Waals surface area contributed by atoms with Gasteiger partial charge in [-0.25, -0.2) is 18.7 Å². The van der Waals surface area contributed by atoms with Crippen LogP contribution in [0.2, 0.25) is 0 Å². The Labute approximate surface area is 296 Å². The van der Waals surface area contributed by atoms with E-state index in [4.69, 9.17) is 9.47 Å². The van der Waals surface area contributed by atoms with Gasteiger partial charge in [-0.1, -0.05) is 31.9 Å². The Morgan fingerprint density at radius 2 is 1.00 bits per heavy atom. The number of imide groups is 2. The Balaban J connectivity index is 0.988. The van der Waals surface area contributed by atoms with E-state index in [-0.39, 0.29) is 56.0 Å². The maximum Gasteiger partial charge on any atom is 0.418 e. The van der Waals surface area contributed by atoms with E-state index in [9.17, 15) is 28.8 Å². The molecule has 4 aliphatic rings. The lowest BCUT2D eigenvalue weighted by Gasteiger charge is -2.23. The molecule has 0 spiro atoms. The highest BCUT2D eigenvalue weighted by molar-refractivity contribution is 9.10. The van der Waals surface area contributed by atoms with Gasteiger partial charge in [0.05, 0.1) is 48.9 Å². The summed E-state index contributed by atoms with van der Waals surface area (Å²) < 4.78 is 14.8. The summed E-state index contributed by atoms with van der Waals surface area (Å²) in [6.45, 7) is 0.133. The van der Waals surface area contributed by atoms with E-state index in [2.05, 4.69) is 31.9 Å². The molecule has 0 saturated carbocycles. The monoisotopic (exact) mass is 792 g/mol. The zero-order valence-electron chi connectivity index (χ0n) is 26.5. The molecule has 8 rings (SSSR count). The van der Waals surface area contributed by atoms with Crippen molar-refractivity contribution < 1.29 is 38.2 Å². The third-order valence-corrected chi connectivity index (χ3v) is 11.7. The molecular formula is C35H30Br2N4O8. The van der Waals surface area contributed by atoms with Gasteiger partial charge in [0.15, 0.2) is 0 Å². The molecule has 4 heterocycles. The zero-order valence-corrected chi connectivity index (χ0v) is 29.7. The lowest BCUT2D eigenvalue weighted by atomic mass is 9.79. The van der Waals surface area contributed by atoms with E-state index in [0.29, 0.717) is 35.3 Å². The predicted octanol–water partition coefficient (Wildman–Crippen LogP) is 4.84. The highest BCUT2D eigenvalue weighted by Gasteiger charge is 2.53. The molecule has 2 fully saturated rings. The summed E-state index contributed by atoms with van der Waals surface area (Å²) in [5.41, 5.74) is 4.36. The Bertz CT molecular complexity index is 2030. The first-order valence-corrected chi connectivity index (χ1v) is 17.6. The van der Waals surface area contributed by atoms with Crippen molar-refractivity contribution in [2.75, 3.05) is 27.3 Å². The Hall–Kier alpha value is -4.30. The number of nitrogens with zero attached hydrogens (tertiary/aromatic N) is 4. The summed E-state index contributed by atoms with van der Waals surface area (Å²) in [7, 11) is 2.61. The summed E-state index contributed by atoms with van der Waals surface area (Å²) in [6, 6.07) is 11.1. The quantitative estimate of drug-likeness (QED) is 0.268. The number of aromatic nitrogens is 2. The van der Waals surface area contributed by atoms with Crippen molar-refractivity contribution in [3.63, 3.8) is 0 Å². The molecular weight excluding hydrogens is 764 g/mol. The second-order valence-corrected chi connectivity index (χ2v) is 14.9. The summed E-state index contributed by atoms with van der Waals surface area (Å²) in [5, 5.41) is 1.65. The third kappa shape index (κ3) is 4.66. The molecule has 49 heavy (non-hydrogen) atoms. The van der Waals surface area contributed by atoms with Gasteiger partial charge in [0.25, 0.3) is 0 Å². The van der Waals surface area contributed by atoms with Crippen LogP contribution in [0, 0.1) is 23.7 Å². The minimum atomic E-state index is -0.622. The van der Waals surface area contributed by atoms with Crippen LogP contribution in [0.1, 0.15) is 28.9 Å². The minimum Gasteiger partial charge on any atom is -0.452 e. The molecule has 0 bridgehead atoms. The van der Waals surface area contributed by atoms with Crippen LogP contribution in [0.4, 0.5) is 9.59 Å². The summed E-state index contributed by atoms with van der Waals surface area (Å²) in [5.74, 6) is -3.57. The number of halogens is 2. The molecule has 2 saturated heterocycles. The molecule has 252 valence electrons. The molecule has 2 aromatic carbocycles. The summed E-state index contributed by atoms with van der Waals surface area (Å²) in [6.07, 6.45) is 0.175. The van der Waals surface area contributed by atoms with Gasteiger partial charge in [-0.05, 0) is 66.8 Å². The molecule has 14 heteroatoms. The van der Waals surface area contributed by atoms with Crippen molar-refractivity contribution in [1.29, 1.82) is 0 Å². The minimum absolute atomic E-state index is 0.0663. The second kappa shape index (κ2) is 11.7. The summed E-state index contributed by atoms with van der Waals surface area (Å²) >= 11 is 6.99. The van der Waals surface area contributed by atoms with Gasteiger partial charge in [0.2, 0.25) is 23.6 Å². The van der Waals surface area contributed by atoms with Crippen molar-refractivity contribution in [1.82, 2.24) is 18.9 Å². The zero-order chi connectivity index (χ0) is 34.5. The van der Waals surface area contributed by atoms with Crippen molar-refractivity contribution in [2.24, 2.45) is 23.7 Å². The number of hydrogen-bond donors (Lipinski definition) is 0. The largest absolute Gasteiger partial charge is 0.452 e. The van der Waals surface area contributed by atoms with Crippen molar-refractivity contribution in [2.45, 2.75) is 32.1 Å². The molecule has 2 aliphatic heterocycles. The predicted molar refractivity (Wildman–Crippen MR) is 182 cm³/mol. The van der Waals surface area contributed by atoms with Gasteiger partial charge in [-0.2, -0.15) is 0 Å². The Kier molecular flexibility index (Phi) is 7.59. The number of rotatable bonds is 4. The number of benzene rings is 2. The number of carbonyl (C=O) groups excluding carboxylic acids is 6. The Morgan fingerprint density at radius 1 is 0.633 bits per heavy atom. The fourth-order valence-corrected chi connectivity index (χ4v) is 9.28. The Morgan fingerprint density at radius 3 is 1.37 bits per heavy atom. The standard InChI is InChI=1S/C35H30Br2N4O8/c1-48-34(46)40-26-6-4-16(36)10-18(26)20-12-22-24(14-28(20)40)32(44)38(30(22)42)8-3-9-39-31(43)23-13-21-19-11-17(37)5-7-27(19)41(35(47)49-2)29(21)15-25(23)33(39)45/h4-7,10-11,22-25H,3,8-9,12-15H2,1-2H3. The molecule has 0 N–H and O–H groups in total. The van der Waals surface area contributed by atoms with Gasteiger partial charge in [-0.3, -0.25) is 29.0 Å². The molecule has 2 aliphatic carbocycles. The first kappa shape index (κ1) is 31.9. The van der Waals surface area contributed by atoms with E-state index in [1.807, 2.05) is 36.4 Å². The van der Waals surface area contributed by atoms with Gasteiger partial charge in [0, 0.05) is 57.0 Å². The van der Waals surface area contributed by atoms with E-state index < -0.39 is 35.9 Å². The number of methoxy groups -OCH3 is 2. The van der Waals surface area contributed by atoms with Gasteiger partial charge in [-0.15, -0.1) is 0 Å². The van der Waals surface area contributed by atoms with Crippen LogP contribution in [0.5, 0.6) is 0 Å². The number of carbonyl (C=O) groups is 6.